The summed E-state index contributed by atoms with van der Waals surface area (Å²) in [6, 6.07) is 10.7. The van der Waals surface area contributed by atoms with Gasteiger partial charge in [0.25, 0.3) is 0 Å². The summed E-state index contributed by atoms with van der Waals surface area (Å²) in [6.07, 6.45) is 0. The van der Waals surface area contributed by atoms with E-state index in [0.29, 0.717) is 72.9 Å². The van der Waals surface area contributed by atoms with Crippen molar-refractivity contribution in [3.63, 3.8) is 0 Å². The first-order chi connectivity index (χ1) is 14.7. The Morgan fingerprint density at radius 3 is 1.43 bits per heavy atom. The van der Waals surface area contributed by atoms with Gasteiger partial charge in [0.2, 0.25) is 0 Å². The van der Waals surface area contributed by atoms with Gasteiger partial charge in [-0.2, -0.15) is 0 Å². The first-order valence-electron chi connectivity index (χ1n) is 10.3. The number of hydrogen-bond donors (Lipinski definition) is 6. The van der Waals surface area contributed by atoms with E-state index in [-0.39, 0.29) is 11.6 Å². The van der Waals surface area contributed by atoms with Gasteiger partial charge in [0.15, 0.2) is 11.6 Å². The highest BCUT2D eigenvalue weighted by Gasteiger charge is 2.33. The van der Waals surface area contributed by atoms with E-state index in [1.165, 1.54) is 0 Å². The van der Waals surface area contributed by atoms with E-state index in [1.807, 2.05) is 12.1 Å². The Balaban J connectivity index is 1.88. The van der Waals surface area contributed by atoms with Crippen molar-refractivity contribution in [1.82, 2.24) is 10.6 Å². The van der Waals surface area contributed by atoms with E-state index in [9.17, 15) is 9.59 Å². The Morgan fingerprint density at radius 1 is 0.600 bits per heavy atom. The minimum atomic E-state index is -0.137. The number of rotatable bonds is 12. The van der Waals surface area contributed by atoms with Crippen molar-refractivity contribution < 1.29 is 9.59 Å². The van der Waals surface area contributed by atoms with Gasteiger partial charge in [-0.3, -0.25) is 9.59 Å². The van der Waals surface area contributed by atoms with Crippen LogP contribution < -0.4 is 32.7 Å². The maximum Gasteiger partial charge on any atom is 0.196 e. The van der Waals surface area contributed by atoms with Crippen molar-refractivity contribution in [1.29, 1.82) is 0 Å². The summed E-state index contributed by atoms with van der Waals surface area (Å²) >= 11 is 0. The number of carbonyl (C=O) groups is 2. The SMILES string of the molecule is NCCNCCNc1ccc(NCCNCCN)c2c1C(=O)c1ccccc1C2=O. The zero-order valence-corrected chi connectivity index (χ0v) is 17.1. The Labute approximate surface area is 176 Å². The second-order valence-corrected chi connectivity index (χ2v) is 7.05. The molecule has 0 aliphatic heterocycles. The largest absolute Gasteiger partial charge is 0.383 e. The first-order valence-corrected chi connectivity index (χ1v) is 10.3. The summed E-state index contributed by atoms with van der Waals surface area (Å²) in [6.45, 7) is 5.24. The van der Waals surface area contributed by atoms with Gasteiger partial charge in [0, 0.05) is 74.9 Å². The number of fused-ring (bicyclic) bond motifs is 2. The normalized spacial score (nSPS) is 12.5. The molecule has 0 aromatic heterocycles. The molecule has 30 heavy (non-hydrogen) atoms. The molecule has 8 heteroatoms. The molecule has 0 amide bonds. The van der Waals surface area contributed by atoms with Crippen molar-refractivity contribution in [2.24, 2.45) is 11.5 Å². The number of benzene rings is 2. The molecule has 0 spiro atoms. The Morgan fingerprint density at radius 2 is 1.03 bits per heavy atom. The smallest absolute Gasteiger partial charge is 0.196 e. The fraction of sp³-hybridized carbons (Fsp3) is 0.364. The lowest BCUT2D eigenvalue weighted by Crippen LogP contribution is -2.30. The summed E-state index contributed by atoms with van der Waals surface area (Å²) in [5, 5.41) is 13.0. The Kier molecular flexibility index (Phi) is 7.92. The molecule has 0 radical (unpaired) electrons. The van der Waals surface area contributed by atoms with Crippen LogP contribution in [0.25, 0.3) is 0 Å². The summed E-state index contributed by atoms with van der Waals surface area (Å²) in [7, 11) is 0. The fourth-order valence-electron chi connectivity index (χ4n) is 3.54. The quantitative estimate of drug-likeness (QED) is 0.236. The molecule has 0 atom stereocenters. The molecule has 8 nitrogen and oxygen atoms in total. The maximum atomic E-state index is 13.3. The standard InChI is InChI=1S/C22H30N6O2/c23-7-9-25-11-13-27-17-5-6-18(28-14-12-26-10-8-24)20-19(17)21(29)15-3-1-2-4-16(15)22(20)30/h1-6,25-28H,7-14,23-24H2. The monoisotopic (exact) mass is 410 g/mol. The van der Waals surface area contributed by atoms with Crippen LogP contribution in [-0.4, -0.2) is 63.9 Å². The molecular formula is C22H30N6O2. The third-order valence-corrected chi connectivity index (χ3v) is 4.95. The van der Waals surface area contributed by atoms with E-state index < -0.39 is 0 Å². The number of nitrogens with one attached hydrogen (secondary N) is 4. The predicted octanol–water partition coefficient (Wildman–Crippen LogP) is 0.382. The van der Waals surface area contributed by atoms with Gasteiger partial charge in [-0.25, -0.2) is 0 Å². The zero-order chi connectivity index (χ0) is 21.3. The van der Waals surface area contributed by atoms with Gasteiger partial charge in [0.1, 0.15) is 0 Å². The van der Waals surface area contributed by atoms with Gasteiger partial charge in [-0.05, 0) is 12.1 Å². The summed E-state index contributed by atoms with van der Waals surface area (Å²) < 4.78 is 0. The summed E-state index contributed by atoms with van der Waals surface area (Å²) in [5.74, 6) is -0.273. The van der Waals surface area contributed by atoms with Crippen molar-refractivity contribution in [2.45, 2.75) is 0 Å². The van der Waals surface area contributed by atoms with E-state index in [4.69, 9.17) is 11.5 Å². The van der Waals surface area contributed by atoms with E-state index >= 15 is 0 Å². The van der Waals surface area contributed by atoms with Crippen molar-refractivity contribution in [2.75, 3.05) is 63.0 Å². The highest BCUT2D eigenvalue weighted by atomic mass is 16.1. The van der Waals surface area contributed by atoms with Crippen LogP contribution in [-0.2, 0) is 0 Å². The average molecular weight is 411 g/mol. The van der Waals surface area contributed by atoms with Gasteiger partial charge in [-0.15, -0.1) is 0 Å². The highest BCUT2D eigenvalue weighted by molar-refractivity contribution is 6.31. The molecule has 0 unspecified atom stereocenters. The molecule has 2 aromatic carbocycles. The average Bonchev–Trinajstić information content (AvgIpc) is 2.77. The molecular weight excluding hydrogens is 380 g/mol. The van der Waals surface area contributed by atoms with E-state index in [1.54, 1.807) is 24.3 Å². The van der Waals surface area contributed by atoms with Crippen LogP contribution in [0, 0.1) is 0 Å². The lowest BCUT2D eigenvalue weighted by molar-refractivity contribution is 0.0980. The third-order valence-electron chi connectivity index (χ3n) is 4.95. The van der Waals surface area contributed by atoms with E-state index in [2.05, 4.69) is 21.3 Å². The van der Waals surface area contributed by atoms with Crippen LogP contribution in [0.4, 0.5) is 11.4 Å². The second kappa shape index (κ2) is 10.8. The fourth-order valence-corrected chi connectivity index (χ4v) is 3.54. The molecule has 0 heterocycles. The van der Waals surface area contributed by atoms with Crippen LogP contribution in [0.15, 0.2) is 36.4 Å². The van der Waals surface area contributed by atoms with Gasteiger partial charge in [-0.1, -0.05) is 24.3 Å². The number of carbonyl (C=O) groups excluding carboxylic acids is 2. The van der Waals surface area contributed by atoms with Crippen molar-refractivity contribution >= 4 is 22.9 Å². The number of ketones is 2. The molecule has 3 rings (SSSR count). The van der Waals surface area contributed by atoms with Crippen LogP contribution in [0.1, 0.15) is 31.8 Å². The minimum absolute atomic E-state index is 0.137. The van der Waals surface area contributed by atoms with Gasteiger partial charge in [0.05, 0.1) is 11.1 Å². The van der Waals surface area contributed by atoms with Crippen LogP contribution in [0.2, 0.25) is 0 Å². The third kappa shape index (κ3) is 4.85. The summed E-state index contributed by atoms with van der Waals surface area (Å²) in [4.78, 5) is 26.6. The van der Waals surface area contributed by atoms with Crippen LogP contribution in [0.5, 0.6) is 0 Å². The molecule has 0 fully saturated rings. The van der Waals surface area contributed by atoms with Crippen LogP contribution >= 0.6 is 0 Å². The predicted molar refractivity (Wildman–Crippen MR) is 121 cm³/mol. The van der Waals surface area contributed by atoms with E-state index in [0.717, 1.165) is 13.1 Å². The Bertz CT molecular complexity index is 827. The molecule has 0 saturated carbocycles. The molecule has 160 valence electrons. The molecule has 0 bridgehead atoms. The lowest BCUT2D eigenvalue weighted by Gasteiger charge is -2.24. The molecule has 1 aliphatic carbocycles. The number of hydrogen-bond acceptors (Lipinski definition) is 8. The maximum absolute atomic E-state index is 13.3. The highest BCUT2D eigenvalue weighted by Crippen LogP contribution is 2.36. The minimum Gasteiger partial charge on any atom is -0.383 e. The molecule has 0 saturated heterocycles. The van der Waals surface area contributed by atoms with Gasteiger partial charge >= 0.3 is 0 Å². The van der Waals surface area contributed by atoms with Gasteiger partial charge < -0.3 is 32.7 Å². The second-order valence-electron chi connectivity index (χ2n) is 7.05. The van der Waals surface area contributed by atoms with Crippen molar-refractivity contribution in [3.05, 3.63) is 58.7 Å². The number of anilines is 2. The molecule has 8 N–H and O–H groups in total. The molecule has 1 aliphatic rings. The lowest BCUT2D eigenvalue weighted by atomic mass is 9.82. The van der Waals surface area contributed by atoms with Crippen molar-refractivity contribution in [3.8, 4) is 0 Å². The Hall–Kier alpha value is -2.78. The van der Waals surface area contributed by atoms with Crippen LogP contribution in [0.3, 0.4) is 0 Å². The zero-order valence-electron chi connectivity index (χ0n) is 17.1. The topological polar surface area (TPSA) is 134 Å². The molecule has 2 aromatic rings. The number of nitrogens with two attached hydrogens (primary N) is 2. The first kappa shape index (κ1) is 21.9. The summed E-state index contributed by atoms with van der Waals surface area (Å²) in [5.41, 5.74) is 14.1.